The number of anilines is 2. The van der Waals surface area contributed by atoms with Crippen molar-refractivity contribution in [3.05, 3.63) is 30.0 Å². The van der Waals surface area contributed by atoms with Gasteiger partial charge in [-0.15, -0.1) is 0 Å². The lowest BCUT2D eigenvalue weighted by atomic mass is 10.0. The Bertz CT molecular complexity index is 605. The smallest absolute Gasteiger partial charge is 0.222 e. The van der Waals surface area contributed by atoms with Gasteiger partial charge in [-0.2, -0.15) is 4.98 Å². The van der Waals surface area contributed by atoms with Crippen LogP contribution in [0.3, 0.4) is 0 Å². The fourth-order valence-corrected chi connectivity index (χ4v) is 2.49. The topological polar surface area (TPSA) is 90.9 Å². The standard InChI is InChI=1S/C14H20N6O/c1-20-6-5-17-13(20)2-4-16-12-8-11(18-14(15)19-12)10-3-7-21-9-10/h5-6,8,10H,2-4,7,9H2,1H3,(H3,15,16,18,19). The molecule has 0 aliphatic carbocycles. The second-order valence-electron chi connectivity index (χ2n) is 5.23. The number of rotatable bonds is 5. The molecule has 21 heavy (non-hydrogen) atoms. The zero-order chi connectivity index (χ0) is 14.7. The van der Waals surface area contributed by atoms with Crippen LogP contribution in [-0.2, 0) is 18.2 Å². The molecule has 0 amide bonds. The minimum atomic E-state index is 0.305. The fraction of sp³-hybridized carbons (Fsp3) is 0.500. The van der Waals surface area contributed by atoms with E-state index in [-0.39, 0.29) is 0 Å². The minimum absolute atomic E-state index is 0.305. The van der Waals surface area contributed by atoms with Gasteiger partial charge in [0.1, 0.15) is 11.6 Å². The molecule has 0 radical (unpaired) electrons. The molecule has 3 N–H and O–H groups in total. The number of nitrogens with one attached hydrogen (secondary N) is 1. The summed E-state index contributed by atoms with van der Waals surface area (Å²) in [6.07, 6.45) is 5.56. The summed E-state index contributed by atoms with van der Waals surface area (Å²) in [7, 11) is 1.99. The van der Waals surface area contributed by atoms with Gasteiger partial charge in [-0.1, -0.05) is 0 Å². The predicted molar refractivity (Wildman–Crippen MR) is 80.0 cm³/mol. The molecule has 0 bridgehead atoms. The van der Waals surface area contributed by atoms with Gasteiger partial charge < -0.3 is 20.4 Å². The van der Waals surface area contributed by atoms with Crippen molar-refractivity contribution in [2.75, 3.05) is 30.8 Å². The molecule has 1 unspecified atom stereocenters. The Labute approximate surface area is 123 Å². The van der Waals surface area contributed by atoms with Crippen molar-refractivity contribution in [3.63, 3.8) is 0 Å². The summed E-state index contributed by atoms with van der Waals surface area (Å²) >= 11 is 0. The van der Waals surface area contributed by atoms with E-state index in [0.29, 0.717) is 18.5 Å². The van der Waals surface area contributed by atoms with Crippen LogP contribution in [-0.4, -0.2) is 39.3 Å². The number of imidazole rings is 1. The van der Waals surface area contributed by atoms with E-state index in [1.54, 1.807) is 6.20 Å². The Morgan fingerprint density at radius 1 is 1.48 bits per heavy atom. The summed E-state index contributed by atoms with van der Waals surface area (Å²) in [6, 6.07) is 1.97. The molecular weight excluding hydrogens is 268 g/mol. The number of aryl methyl sites for hydroxylation is 1. The molecule has 2 aromatic rings. The highest BCUT2D eigenvalue weighted by Crippen LogP contribution is 2.25. The van der Waals surface area contributed by atoms with E-state index in [9.17, 15) is 0 Å². The molecule has 1 fully saturated rings. The highest BCUT2D eigenvalue weighted by Gasteiger charge is 2.20. The molecule has 0 spiro atoms. The van der Waals surface area contributed by atoms with Gasteiger partial charge in [-0.05, 0) is 6.42 Å². The van der Waals surface area contributed by atoms with Crippen molar-refractivity contribution < 1.29 is 4.74 Å². The maximum atomic E-state index is 5.80. The summed E-state index contributed by atoms with van der Waals surface area (Å²) in [5.74, 6) is 2.43. The third-order valence-electron chi connectivity index (χ3n) is 3.69. The number of nitrogen functional groups attached to an aromatic ring is 1. The molecular formula is C14H20N6O. The minimum Gasteiger partial charge on any atom is -0.381 e. The highest BCUT2D eigenvalue weighted by atomic mass is 16.5. The average molecular weight is 288 g/mol. The zero-order valence-electron chi connectivity index (χ0n) is 12.1. The van der Waals surface area contributed by atoms with Crippen LogP contribution in [0, 0.1) is 0 Å². The number of aromatic nitrogens is 4. The predicted octanol–water partition coefficient (Wildman–Crippen LogP) is 0.951. The van der Waals surface area contributed by atoms with Crippen LogP contribution in [0.2, 0.25) is 0 Å². The SMILES string of the molecule is Cn1ccnc1CCNc1cc(C2CCOC2)nc(N)n1. The monoisotopic (exact) mass is 288 g/mol. The summed E-state index contributed by atoms with van der Waals surface area (Å²) in [4.78, 5) is 12.8. The first-order valence-electron chi connectivity index (χ1n) is 7.14. The lowest BCUT2D eigenvalue weighted by molar-refractivity contribution is 0.193. The van der Waals surface area contributed by atoms with Crippen molar-refractivity contribution in [2.45, 2.75) is 18.8 Å². The molecule has 2 aromatic heterocycles. The van der Waals surface area contributed by atoms with Crippen LogP contribution in [0.1, 0.15) is 23.9 Å². The number of nitrogens with zero attached hydrogens (tertiary/aromatic N) is 4. The van der Waals surface area contributed by atoms with E-state index in [0.717, 1.165) is 43.3 Å². The zero-order valence-corrected chi connectivity index (χ0v) is 12.1. The van der Waals surface area contributed by atoms with Crippen LogP contribution in [0.15, 0.2) is 18.5 Å². The Hall–Kier alpha value is -2.15. The average Bonchev–Trinajstić information content (AvgIpc) is 3.10. The third kappa shape index (κ3) is 3.30. The first-order valence-corrected chi connectivity index (χ1v) is 7.14. The Balaban J connectivity index is 1.63. The van der Waals surface area contributed by atoms with Gasteiger partial charge in [0.25, 0.3) is 0 Å². The van der Waals surface area contributed by atoms with E-state index in [1.807, 2.05) is 23.9 Å². The van der Waals surface area contributed by atoms with Crippen molar-refractivity contribution in [1.82, 2.24) is 19.5 Å². The summed E-state index contributed by atoms with van der Waals surface area (Å²) in [5, 5.41) is 3.29. The van der Waals surface area contributed by atoms with E-state index < -0.39 is 0 Å². The lowest BCUT2D eigenvalue weighted by Gasteiger charge is -2.11. The van der Waals surface area contributed by atoms with E-state index in [1.165, 1.54) is 0 Å². The summed E-state index contributed by atoms with van der Waals surface area (Å²) in [5.41, 5.74) is 6.76. The normalized spacial score (nSPS) is 18.0. The first-order chi connectivity index (χ1) is 10.2. The van der Waals surface area contributed by atoms with Crippen molar-refractivity contribution in [2.24, 2.45) is 7.05 Å². The first kappa shape index (κ1) is 13.8. The summed E-state index contributed by atoms with van der Waals surface area (Å²) < 4.78 is 7.41. The Kier molecular flexibility index (Phi) is 4.01. The molecule has 7 nitrogen and oxygen atoms in total. The lowest BCUT2D eigenvalue weighted by Crippen LogP contribution is -2.12. The van der Waals surface area contributed by atoms with Gasteiger partial charge in [0.2, 0.25) is 5.95 Å². The van der Waals surface area contributed by atoms with Crippen molar-refractivity contribution in [1.29, 1.82) is 0 Å². The highest BCUT2D eigenvalue weighted by molar-refractivity contribution is 5.41. The Morgan fingerprint density at radius 2 is 2.38 bits per heavy atom. The van der Waals surface area contributed by atoms with Crippen molar-refractivity contribution >= 4 is 11.8 Å². The van der Waals surface area contributed by atoms with Crippen molar-refractivity contribution in [3.8, 4) is 0 Å². The largest absolute Gasteiger partial charge is 0.381 e. The van der Waals surface area contributed by atoms with Gasteiger partial charge in [-0.3, -0.25) is 0 Å². The van der Waals surface area contributed by atoms with Gasteiger partial charge >= 0.3 is 0 Å². The molecule has 3 heterocycles. The molecule has 0 aromatic carbocycles. The molecule has 1 aliphatic heterocycles. The van der Waals surface area contributed by atoms with E-state index in [2.05, 4.69) is 20.3 Å². The van der Waals surface area contributed by atoms with Gasteiger partial charge in [0.05, 0.1) is 12.3 Å². The van der Waals surface area contributed by atoms with Crippen LogP contribution < -0.4 is 11.1 Å². The quantitative estimate of drug-likeness (QED) is 0.851. The van der Waals surface area contributed by atoms with Gasteiger partial charge in [-0.25, -0.2) is 9.97 Å². The van der Waals surface area contributed by atoms with Gasteiger partial charge in [0, 0.05) is 51.0 Å². The van der Waals surface area contributed by atoms with Crippen LogP contribution in [0.5, 0.6) is 0 Å². The molecule has 112 valence electrons. The number of hydrogen-bond acceptors (Lipinski definition) is 6. The molecule has 7 heteroatoms. The van der Waals surface area contributed by atoms with Crippen LogP contribution in [0.4, 0.5) is 11.8 Å². The molecule has 1 aliphatic rings. The molecule has 3 rings (SSSR count). The molecule has 1 atom stereocenters. The number of nitrogens with two attached hydrogens (primary N) is 1. The second kappa shape index (κ2) is 6.09. The number of ether oxygens (including phenoxy) is 1. The van der Waals surface area contributed by atoms with E-state index >= 15 is 0 Å². The summed E-state index contributed by atoms with van der Waals surface area (Å²) in [6.45, 7) is 2.25. The van der Waals surface area contributed by atoms with Gasteiger partial charge in [0.15, 0.2) is 0 Å². The van der Waals surface area contributed by atoms with Crippen LogP contribution >= 0.6 is 0 Å². The third-order valence-corrected chi connectivity index (χ3v) is 3.69. The van der Waals surface area contributed by atoms with Crippen LogP contribution in [0.25, 0.3) is 0 Å². The maximum Gasteiger partial charge on any atom is 0.222 e. The maximum absolute atomic E-state index is 5.80. The number of hydrogen-bond donors (Lipinski definition) is 2. The fourth-order valence-electron chi connectivity index (χ4n) is 2.49. The molecule has 0 saturated carbocycles. The molecule has 1 saturated heterocycles. The Morgan fingerprint density at radius 3 is 3.10 bits per heavy atom. The van der Waals surface area contributed by atoms with E-state index in [4.69, 9.17) is 10.5 Å². The second-order valence-corrected chi connectivity index (χ2v) is 5.23.